The molecule has 0 atom stereocenters. The van der Waals surface area contributed by atoms with Crippen molar-refractivity contribution < 1.29 is 18.7 Å². The smallest absolute Gasteiger partial charge is 0.315 e. The summed E-state index contributed by atoms with van der Waals surface area (Å²) in [6.45, 7) is 0.645. The lowest BCUT2D eigenvalue weighted by molar-refractivity contribution is 0.0954. The molecule has 3 amide bonds. The van der Waals surface area contributed by atoms with Gasteiger partial charge in [-0.25, -0.2) is 9.18 Å². The molecule has 0 spiro atoms. The molecule has 6 nitrogen and oxygen atoms in total. The first-order chi connectivity index (χ1) is 14.1. The molecule has 154 valence electrons. The summed E-state index contributed by atoms with van der Waals surface area (Å²) in [5.41, 5.74) is 1.71. The van der Waals surface area contributed by atoms with Gasteiger partial charge in [0.25, 0.3) is 5.91 Å². The Morgan fingerprint density at radius 3 is 2.59 bits per heavy atom. The van der Waals surface area contributed by atoms with Crippen molar-refractivity contribution in [1.29, 1.82) is 0 Å². The predicted octanol–water partition coefficient (Wildman–Crippen LogP) is 3.47. The van der Waals surface area contributed by atoms with E-state index in [1.165, 1.54) is 19.2 Å². The molecule has 3 N–H and O–H groups in total. The van der Waals surface area contributed by atoms with Crippen molar-refractivity contribution >= 4 is 11.9 Å². The molecule has 0 saturated heterocycles. The van der Waals surface area contributed by atoms with E-state index in [0.29, 0.717) is 35.5 Å². The minimum atomic E-state index is -0.377. The van der Waals surface area contributed by atoms with Crippen molar-refractivity contribution in [3.05, 3.63) is 53.8 Å². The molecule has 0 unspecified atom stereocenters. The molecule has 0 heterocycles. The number of carbonyl (C=O) groups is 2. The molecule has 3 rings (SSSR count). The van der Waals surface area contributed by atoms with Crippen molar-refractivity contribution in [3.63, 3.8) is 0 Å². The zero-order valence-electron chi connectivity index (χ0n) is 16.5. The maximum atomic E-state index is 13.7. The van der Waals surface area contributed by atoms with Gasteiger partial charge in [-0.3, -0.25) is 4.79 Å². The number of nitrogens with one attached hydrogen (secondary N) is 3. The number of benzene rings is 2. The van der Waals surface area contributed by atoms with Crippen LogP contribution in [0.25, 0.3) is 11.1 Å². The van der Waals surface area contributed by atoms with Gasteiger partial charge in [-0.1, -0.05) is 25.0 Å². The van der Waals surface area contributed by atoms with Crippen molar-refractivity contribution in [3.8, 4) is 16.9 Å². The molecule has 0 aliphatic heterocycles. The number of ether oxygens (including phenoxy) is 1. The number of urea groups is 1. The van der Waals surface area contributed by atoms with E-state index < -0.39 is 0 Å². The van der Waals surface area contributed by atoms with E-state index in [-0.39, 0.29) is 23.8 Å². The van der Waals surface area contributed by atoms with Gasteiger partial charge in [0.2, 0.25) is 0 Å². The van der Waals surface area contributed by atoms with Crippen LogP contribution >= 0.6 is 0 Å². The summed E-state index contributed by atoms with van der Waals surface area (Å²) in [4.78, 5) is 24.3. The van der Waals surface area contributed by atoms with E-state index in [1.807, 2.05) is 0 Å². The molecular formula is C22H26FN3O3. The lowest BCUT2D eigenvalue weighted by Crippen LogP contribution is -2.43. The first-order valence-electron chi connectivity index (χ1n) is 9.83. The van der Waals surface area contributed by atoms with Crippen molar-refractivity contribution in [2.24, 2.45) is 0 Å². The lowest BCUT2D eigenvalue weighted by atomic mass is 10.0. The van der Waals surface area contributed by atoms with E-state index in [4.69, 9.17) is 4.74 Å². The molecule has 1 aliphatic carbocycles. The molecule has 1 aliphatic rings. The minimum Gasteiger partial charge on any atom is -0.496 e. The maximum Gasteiger partial charge on any atom is 0.315 e. The first-order valence-corrected chi connectivity index (χ1v) is 9.83. The average Bonchev–Trinajstić information content (AvgIpc) is 3.24. The Balaban J connectivity index is 1.53. The molecule has 0 bridgehead atoms. The Labute approximate surface area is 169 Å². The largest absolute Gasteiger partial charge is 0.496 e. The van der Waals surface area contributed by atoms with E-state index >= 15 is 0 Å². The second-order valence-corrected chi connectivity index (χ2v) is 7.06. The van der Waals surface area contributed by atoms with Crippen LogP contribution in [-0.2, 0) is 0 Å². The number of carbonyl (C=O) groups excluding carboxylic acids is 2. The Morgan fingerprint density at radius 2 is 1.83 bits per heavy atom. The quantitative estimate of drug-likeness (QED) is 0.624. The highest BCUT2D eigenvalue weighted by Crippen LogP contribution is 2.31. The van der Waals surface area contributed by atoms with Gasteiger partial charge in [-0.05, 0) is 48.7 Å². The lowest BCUT2D eigenvalue weighted by Gasteiger charge is -2.13. The minimum absolute atomic E-state index is 0.202. The third-order valence-electron chi connectivity index (χ3n) is 4.98. The van der Waals surface area contributed by atoms with Crippen molar-refractivity contribution in [2.75, 3.05) is 20.2 Å². The molecule has 1 fully saturated rings. The third-order valence-corrected chi connectivity index (χ3v) is 4.98. The van der Waals surface area contributed by atoms with Crippen LogP contribution in [0.5, 0.6) is 5.75 Å². The van der Waals surface area contributed by atoms with Crippen LogP contribution in [0.3, 0.4) is 0 Å². The summed E-state index contributed by atoms with van der Waals surface area (Å²) in [5.74, 6) is -0.112. The SMILES string of the molecule is COc1ccc(F)cc1-c1cccc(C(=O)NCCNC(=O)NC2CCCC2)c1. The second-order valence-electron chi connectivity index (χ2n) is 7.06. The van der Waals surface area contributed by atoms with E-state index in [9.17, 15) is 14.0 Å². The summed E-state index contributed by atoms with van der Waals surface area (Å²) in [6, 6.07) is 11.2. The number of halogens is 1. The highest BCUT2D eigenvalue weighted by Gasteiger charge is 2.16. The Morgan fingerprint density at radius 1 is 1.07 bits per heavy atom. The zero-order valence-corrected chi connectivity index (χ0v) is 16.5. The van der Waals surface area contributed by atoms with Gasteiger partial charge >= 0.3 is 6.03 Å². The average molecular weight is 399 g/mol. The molecule has 29 heavy (non-hydrogen) atoms. The summed E-state index contributed by atoms with van der Waals surface area (Å²) in [5, 5.41) is 8.47. The number of hydrogen-bond donors (Lipinski definition) is 3. The standard InChI is InChI=1S/C22H26FN3O3/c1-29-20-10-9-17(23)14-19(20)15-5-4-6-16(13-15)21(27)24-11-12-25-22(28)26-18-7-2-3-8-18/h4-6,9-10,13-14,18H,2-3,7-8,11-12H2,1H3,(H,24,27)(H2,25,26,28). The van der Waals surface area contributed by atoms with Crippen LogP contribution in [0.15, 0.2) is 42.5 Å². The molecule has 2 aromatic carbocycles. The number of hydrogen-bond acceptors (Lipinski definition) is 3. The summed E-state index contributed by atoms with van der Waals surface area (Å²) in [6.07, 6.45) is 4.36. The van der Waals surface area contributed by atoms with Gasteiger partial charge in [-0.15, -0.1) is 0 Å². The van der Waals surface area contributed by atoms with Crippen LogP contribution in [0.1, 0.15) is 36.0 Å². The number of methoxy groups -OCH3 is 1. The summed E-state index contributed by atoms with van der Waals surface area (Å²) in [7, 11) is 1.52. The van der Waals surface area contributed by atoms with Gasteiger partial charge < -0.3 is 20.7 Å². The van der Waals surface area contributed by atoms with Crippen LogP contribution in [0.4, 0.5) is 9.18 Å². The van der Waals surface area contributed by atoms with Gasteiger partial charge in [-0.2, -0.15) is 0 Å². The number of rotatable bonds is 7. The van der Waals surface area contributed by atoms with E-state index in [1.54, 1.807) is 30.3 Å². The van der Waals surface area contributed by atoms with E-state index in [0.717, 1.165) is 25.7 Å². The van der Waals surface area contributed by atoms with E-state index in [2.05, 4.69) is 16.0 Å². The summed E-state index contributed by atoms with van der Waals surface area (Å²) < 4.78 is 18.9. The highest BCUT2D eigenvalue weighted by molar-refractivity contribution is 5.95. The molecular weight excluding hydrogens is 373 g/mol. The topological polar surface area (TPSA) is 79.5 Å². The predicted molar refractivity (Wildman–Crippen MR) is 110 cm³/mol. The fraction of sp³-hybridized carbons (Fsp3) is 0.364. The normalized spacial score (nSPS) is 13.7. The van der Waals surface area contributed by atoms with Crippen LogP contribution in [-0.4, -0.2) is 38.2 Å². The number of amides is 3. The van der Waals surface area contributed by atoms with Crippen LogP contribution in [0, 0.1) is 5.82 Å². The fourth-order valence-corrected chi connectivity index (χ4v) is 3.49. The Hall–Kier alpha value is -3.09. The fourth-order valence-electron chi connectivity index (χ4n) is 3.49. The van der Waals surface area contributed by atoms with Crippen LogP contribution in [0.2, 0.25) is 0 Å². The van der Waals surface area contributed by atoms with Crippen molar-refractivity contribution in [2.45, 2.75) is 31.7 Å². The Kier molecular flexibility index (Phi) is 7.05. The van der Waals surface area contributed by atoms with Gasteiger partial charge in [0, 0.05) is 30.3 Å². The third kappa shape index (κ3) is 5.70. The van der Waals surface area contributed by atoms with Crippen LogP contribution < -0.4 is 20.7 Å². The second kappa shape index (κ2) is 9.91. The van der Waals surface area contributed by atoms with Crippen molar-refractivity contribution in [1.82, 2.24) is 16.0 Å². The monoisotopic (exact) mass is 399 g/mol. The highest BCUT2D eigenvalue weighted by atomic mass is 19.1. The Bertz CT molecular complexity index is 866. The maximum absolute atomic E-state index is 13.7. The van der Waals surface area contributed by atoms with Gasteiger partial charge in [0.15, 0.2) is 0 Å². The summed E-state index contributed by atoms with van der Waals surface area (Å²) >= 11 is 0. The molecule has 2 aromatic rings. The van der Waals surface area contributed by atoms with Gasteiger partial charge in [0.05, 0.1) is 7.11 Å². The molecule has 1 saturated carbocycles. The molecule has 0 radical (unpaired) electrons. The first kappa shape index (κ1) is 20.6. The molecule has 7 heteroatoms. The zero-order chi connectivity index (χ0) is 20.6. The van der Waals surface area contributed by atoms with Gasteiger partial charge in [0.1, 0.15) is 11.6 Å². The molecule has 0 aromatic heterocycles.